The fourth-order valence-electron chi connectivity index (χ4n) is 4.40. The summed E-state index contributed by atoms with van der Waals surface area (Å²) in [6.45, 7) is 8.19. The van der Waals surface area contributed by atoms with Crippen LogP contribution < -0.4 is 10.6 Å². The van der Waals surface area contributed by atoms with E-state index >= 15 is 0 Å². The molecule has 0 radical (unpaired) electrons. The molecule has 4 aromatic heterocycles. The number of hydrogen-bond donors (Lipinski definition) is 2. The Morgan fingerprint density at radius 1 is 1.17 bits per heavy atom. The molecule has 1 aliphatic heterocycles. The molecule has 1 unspecified atom stereocenters. The van der Waals surface area contributed by atoms with Gasteiger partial charge in [0.2, 0.25) is 5.91 Å². The Bertz CT molecular complexity index is 1420. The average molecular weight is 493 g/mol. The van der Waals surface area contributed by atoms with Gasteiger partial charge in [-0.25, -0.2) is 4.52 Å². The van der Waals surface area contributed by atoms with E-state index in [0.717, 1.165) is 40.5 Å². The first kappa shape index (κ1) is 23.2. The smallest absolute Gasteiger partial charge is 0.260 e. The molecule has 1 saturated heterocycles. The molecule has 2 amide bonds. The Morgan fingerprint density at radius 3 is 2.71 bits per heavy atom. The minimum absolute atomic E-state index is 0.0859. The molecule has 11 heteroatoms. The number of aryl methyl sites for hydroxylation is 3. The fraction of sp³-hybridized carbons (Fsp3) is 0.375. The number of carbonyl (C=O) groups excluding carboxylic acids is 2. The molecule has 0 saturated carbocycles. The van der Waals surface area contributed by atoms with Crippen LogP contribution in [0.2, 0.25) is 0 Å². The van der Waals surface area contributed by atoms with Gasteiger partial charge in [-0.3, -0.25) is 24.2 Å². The number of thiazole rings is 1. The summed E-state index contributed by atoms with van der Waals surface area (Å²) in [5, 5.41) is 14.6. The lowest BCUT2D eigenvalue weighted by atomic mass is 10.2. The predicted octanol–water partition coefficient (Wildman–Crippen LogP) is 3.34. The number of amides is 2. The molecule has 10 nitrogen and oxygen atoms in total. The van der Waals surface area contributed by atoms with Gasteiger partial charge in [0, 0.05) is 31.5 Å². The van der Waals surface area contributed by atoms with Gasteiger partial charge in [0.25, 0.3) is 5.91 Å². The monoisotopic (exact) mass is 492 g/mol. The van der Waals surface area contributed by atoms with Gasteiger partial charge in [0.15, 0.2) is 0 Å². The summed E-state index contributed by atoms with van der Waals surface area (Å²) in [4.78, 5) is 33.9. The lowest BCUT2D eigenvalue weighted by Gasteiger charge is -2.15. The standard InChI is InChI=1S/C24H28N8O2S/c1-14-5-6-31(10-14)13-22(33)27-17-7-20(16(3)25-8-17)28-23(34)18-9-26-32-12-21(35-24(18)32)19-11-30(4)29-15(19)2/h7-9,11-12,14H,5-6,10,13H2,1-4H3,(H,27,33)(H,28,34). The summed E-state index contributed by atoms with van der Waals surface area (Å²) >= 11 is 1.49. The molecule has 1 atom stereocenters. The summed E-state index contributed by atoms with van der Waals surface area (Å²) in [5.41, 5.74) is 4.16. The van der Waals surface area contributed by atoms with E-state index in [1.807, 2.05) is 33.3 Å². The summed E-state index contributed by atoms with van der Waals surface area (Å²) < 4.78 is 3.48. The molecule has 5 heterocycles. The topological polar surface area (TPSA) is 109 Å². The number of nitrogens with zero attached hydrogens (tertiary/aromatic N) is 6. The molecule has 0 spiro atoms. The molecule has 0 aromatic carbocycles. The van der Waals surface area contributed by atoms with Crippen molar-refractivity contribution < 1.29 is 9.59 Å². The normalized spacial score (nSPS) is 16.2. The third-order valence-electron chi connectivity index (χ3n) is 6.21. The number of hydrogen-bond acceptors (Lipinski definition) is 7. The van der Waals surface area contributed by atoms with Gasteiger partial charge < -0.3 is 10.6 Å². The van der Waals surface area contributed by atoms with Gasteiger partial charge in [-0.2, -0.15) is 10.2 Å². The van der Waals surface area contributed by atoms with Crippen molar-refractivity contribution in [1.82, 2.24) is 29.3 Å². The van der Waals surface area contributed by atoms with Crippen molar-refractivity contribution >= 4 is 39.4 Å². The minimum atomic E-state index is -0.282. The quantitative estimate of drug-likeness (QED) is 0.427. The average Bonchev–Trinajstić information content (AvgIpc) is 3.55. The van der Waals surface area contributed by atoms with E-state index in [1.165, 1.54) is 11.3 Å². The molecule has 1 aliphatic rings. The van der Waals surface area contributed by atoms with E-state index in [-0.39, 0.29) is 11.8 Å². The highest BCUT2D eigenvalue weighted by atomic mass is 32.1. The number of rotatable bonds is 6. The van der Waals surface area contributed by atoms with E-state index in [0.29, 0.717) is 35.1 Å². The molecule has 2 N–H and O–H groups in total. The van der Waals surface area contributed by atoms with Crippen LogP contribution in [0.25, 0.3) is 15.3 Å². The van der Waals surface area contributed by atoms with Crippen LogP contribution in [0.15, 0.2) is 30.9 Å². The molecular formula is C24H28N8O2S. The molecule has 0 bridgehead atoms. The molecule has 4 aromatic rings. The second-order valence-electron chi connectivity index (χ2n) is 9.19. The van der Waals surface area contributed by atoms with Gasteiger partial charge >= 0.3 is 0 Å². The number of carbonyl (C=O) groups is 2. The number of anilines is 2. The fourth-order valence-corrected chi connectivity index (χ4v) is 5.52. The summed E-state index contributed by atoms with van der Waals surface area (Å²) in [5.74, 6) is 0.252. The van der Waals surface area contributed by atoms with Gasteiger partial charge in [-0.15, -0.1) is 11.3 Å². The van der Waals surface area contributed by atoms with Crippen molar-refractivity contribution in [1.29, 1.82) is 0 Å². The molecule has 182 valence electrons. The van der Waals surface area contributed by atoms with Gasteiger partial charge in [0.05, 0.1) is 52.1 Å². The highest BCUT2D eigenvalue weighted by molar-refractivity contribution is 7.21. The third kappa shape index (κ3) is 4.82. The highest BCUT2D eigenvalue weighted by Gasteiger charge is 2.21. The van der Waals surface area contributed by atoms with Crippen LogP contribution >= 0.6 is 11.3 Å². The van der Waals surface area contributed by atoms with Crippen molar-refractivity contribution in [2.75, 3.05) is 30.3 Å². The second-order valence-corrected chi connectivity index (χ2v) is 10.2. The van der Waals surface area contributed by atoms with Crippen molar-refractivity contribution in [3.8, 4) is 10.4 Å². The van der Waals surface area contributed by atoms with Crippen LogP contribution in [0.1, 0.15) is 35.1 Å². The van der Waals surface area contributed by atoms with Crippen LogP contribution in [-0.4, -0.2) is 60.7 Å². The maximum Gasteiger partial charge on any atom is 0.260 e. The van der Waals surface area contributed by atoms with Crippen LogP contribution in [0.5, 0.6) is 0 Å². The van der Waals surface area contributed by atoms with E-state index in [4.69, 9.17) is 0 Å². The van der Waals surface area contributed by atoms with Gasteiger partial charge in [-0.05, 0) is 38.8 Å². The summed E-state index contributed by atoms with van der Waals surface area (Å²) in [6.07, 6.45) is 8.15. The first-order valence-electron chi connectivity index (χ1n) is 11.5. The van der Waals surface area contributed by atoms with E-state index in [9.17, 15) is 9.59 Å². The van der Waals surface area contributed by atoms with Gasteiger partial charge in [0.1, 0.15) is 4.83 Å². The van der Waals surface area contributed by atoms with Gasteiger partial charge in [-0.1, -0.05) is 6.92 Å². The second kappa shape index (κ2) is 9.23. The Labute approximate surface area is 207 Å². The minimum Gasteiger partial charge on any atom is -0.324 e. The Balaban J connectivity index is 1.31. The lowest BCUT2D eigenvalue weighted by Crippen LogP contribution is -2.31. The van der Waals surface area contributed by atoms with E-state index < -0.39 is 0 Å². The van der Waals surface area contributed by atoms with E-state index in [2.05, 4.69) is 37.6 Å². The lowest BCUT2D eigenvalue weighted by molar-refractivity contribution is -0.117. The van der Waals surface area contributed by atoms with Crippen molar-refractivity contribution in [2.24, 2.45) is 13.0 Å². The number of fused-ring (bicyclic) bond motifs is 1. The molecular weight excluding hydrogens is 464 g/mol. The van der Waals surface area contributed by atoms with Crippen LogP contribution in [0, 0.1) is 19.8 Å². The molecule has 1 fully saturated rings. The zero-order valence-corrected chi connectivity index (χ0v) is 21.0. The largest absolute Gasteiger partial charge is 0.324 e. The molecule has 5 rings (SSSR count). The van der Waals surface area contributed by atoms with E-state index in [1.54, 1.807) is 27.7 Å². The highest BCUT2D eigenvalue weighted by Crippen LogP contribution is 2.32. The van der Waals surface area contributed by atoms with Crippen molar-refractivity contribution in [3.63, 3.8) is 0 Å². The van der Waals surface area contributed by atoms with Crippen LogP contribution in [0.4, 0.5) is 11.4 Å². The van der Waals surface area contributed by atoms with Crippen molar-refractivity contribution in [2.45, 2.75) is 27.2 Å². The maximum absolute atomic E-state index is 13.2. The first-order chi connectivity index (χ1) is 16.8. The number of likely N-dealkylation sites (tertiary alicyclic amines) is 1. The Morgan fingerprint density at radius 2 is 2.00 bits per heavy atom. The SMILES string of the molecule is Cc1ncc(NC(=O)CN2CCC(C)C2)cc1NC(=O)c1cnn2cc(-c3cn(C)nc3C)sc12. The number of nitrogens with one attached hydrogen (secondary N) is 2. The third-order valence-corrected chi connectivity index (χ3v) is 7.36. The van der Waals surface area contributed by atoms with Crippen LogP contribution in [-0.2, 0) is 11.8 Å². The Kier molecular flexibility index (Phi) is 6.12. The number of aromatic nitrogens is 5. The first-order valence-corrected chi connectivity index (χ1v) is 12.4. The Hall–Kier alpha value is -3.57. The van der Waals surface area contributed by atoms with Crippen LogP contribution in [0.3, 0.4) is 0 Å². The zero-order chi connectivity index (χ0) is 24.7. The molecule has 35 heavy (non-hydrogen) atoms. The molecule has 0 aliphatic carbocycles. The summed E-state index contributed by atoms with van der Waals surface area (Å²) in [7, 11) is 1.88. The number of pyridine rings is 1. The summed E-state index contributed by atoms with van der Waals surface area (Å²) in [6, 6.07) is 1.74. The predicted molar refractivity (Wildman–Crippen MR) is 136 cm³/mol. The maximum atomic E-state index is 13.2. The zero-order valence-electron chi connectivity index (χ0n) is 20.2. The van der Waals surface area contributed by atoms with Crippen molar-refractivity contribution in [3.05, 3.63) is 47.8 Å².